The van der Waals surface area contributed by atoms with Gasteiger partial charge >= 0.3 is 0 Å². The zero-order chi connectivity index (χ0) is 25.5. The van der Waals surface area contributed by atoms with E-state index >= 15 is 0 Å². The van der Waals surface area contributed by atoms with Crippen molar-refractivity contribution in [2.75, 3.05) is 30.4 Å². The zero-order valence-corrected chi connectivity index (χ0v) is 23.1. The Morgan fingerprint density at radius 3 is 2.56 bits per heavy atom. The van der Waals surface area contributed by atoms with Crippen LogP contribution in [-0.2, 0) is 14.8 Å². The minimum atomic E-state index is -4.01. The first kappa shape index (κ1) is 25.6. The molecular formula is C25H27Cl2N3O4S2. The molecule has 0 atom stereocenters. The number of thiazole rings is 1. The molecule has 1 aliphatic carbocycles. The number of anilines is 2. The van der Waals surface area contributed by atoms with E-state index in [4.69, 9.17) is 37.7 Å². The molecule has 3 aromatic rings. The molecule has 1 aliphatic heterocycles. The minimum Gasteiger partial charge on any atom is -0.495 e. The number of aromatic nitrogens is 1. The van der Waals surface area contributed by atoms with Gasteiger partial charge in [0.1, 0.15) is 10.6 Å². The average molecular weight is 569 g/mol. The van der Waals surface area contributed by atoms with Gasteiger partial charge in [-0.15, -0.1) is 0 Å². The number of aryl methyl sites for hydroxylation is 1. The van der Waals surface area contributed by atoms with Crippen LogP contribution >= 0.6 is 34.5 Å². The molecule has 192 valence electrons. The van der Waals surface area contributed by atoms with Crippen LogP contribution in [0.25, 0.3) is 10.4 Å². The van der Waals surface area contributed by atoms with E-state index in [2.05, 4.69) is 10.0 Å². The van der Waals surface area contributed by atoms with Crippen molar-refractivity contribution in [3.05, 3.63) is 52.1 Å². The van der Waals surface area contributed by atoms with Crippen molar-refractivity contribution in [1.29, 1.82) is 0 Å². The Hall–Kier alpha value is -2.04. The van der Waals surface area contributed by atoms with Crippen LogP contribution in [0, 0.1) is 12.8 Å². The van der Waals surface area contributed by atoms with E-state index in [1.165, 1.54) is 30.6 Å². The molecule has 2 N–H and O–H groups in total. The van der Waals surface area contributed by atoms with E-state index in [1.807, 2.05) is 13.0 Å². The molecule has 2 heterocycles. The molecule has 0 bridgehead atoms. The number of hydrogen-bond acceptors (Lipinski definition) is 7. The summed E-state index contributed by atoms with van der Waals surface area (Å²) in [6, 6.07) is 9.70. The van der Waals surface area contributed by atoms with Crippen molar-refractivity contribution in [3.63, 3.8) is 0 Å². The normalized spacial score (nSPS) is 17.6. The number of ether oxygens (including phenoxy) is 2. The standard InChI is InChI=1S/C25H27Cl2N3O4S2/c1-15-23(35-24(28-15)29-25(9-10-25)17-7-11-34-12-8-17)16-3-6-21(33-2)22(13-16)36(31,32)30-20-5-4-18(26)14-19(20)27/h3-6,13-14,17,30H,7-12H2,1-2H3,(H,28,29). The van der Waals surface area contributed by atoms with Gasteiger partial charge < -0.3 is 14.8 Å². The second kappa shape index (κ2) is 10.0. The van der Waals surface area contributed by atoms with E-state index in [0.717, 1.165) is 60.2 Å². The Kier molecular flexibility index (Phi) is 7.13. The molecule has 1 saturated heterocycles. The van der Waals surface area contributed by atoms with Gasteiger partial charge in [-0.1, -0.05) is 34.5 Å². The van der Waals surface area contributed by atoms with E-state index < -0.39 is 10.0 Å². The lowest BCUT2D eigenvalue weighted by molar-refractivity contribution is 0.0577. The van der Waals surface area contributed by atoms with E-state index in [9.17, 15) is 8.42 Å². The molecule has 0 spiro atoms. The Labute approximate surface area is 225 Å². The van der Waals surface area contributed by atoms with Gasteiger partial charge in [-0.3, -0.25) is 4.72 Å². The summed E-state index contributed by atoms with van der Waals surface area (Å²) in [5.41, 5.74) is 1.92. The molecule has 1 aromatic heterocycles. The Bertz CT molecular complexity index is 1380. The summed E-state index contributed by atoms with van der Waals surface area (Å²) in [6.45, 7) is 3.57. The second-order valence-electron chi connectivity index (χ2n) is 9.20. The molecule has 11 heteroatoms. The van der Waals surface area contributed by atoms with Crippen molar-refractivity contribution in [2.24, 2.45) is 5.92 Å². The van der Waals surface area contributed by atoms with Gasteiger partial charge in [-0.05, 0) is 80.5 Å². The van der Waals surface area contributed by atoms with Gasteiger partial charge in [0, 0.05) is 23.8 Å². The molecule has 0 amide bonds. The molecule has 0 unspecified atom stereocenters. The molecule has 0 radical (unpaired) electrons. The third kappa shape index (κ3) is 5.17. The average Bonchev–Trinajstić information content (AvgIpc) is 3.55. The van der Waals surface area contributed by atoms with E-state index in [1.54, 1.807) is 18.2 Å². The van der Waals surface area contributed by atoms with E-state index in [-0.39, 0.29) is 26.9 Å². The monoisotopic (exact) mass is 567 g/mol. The van der Waals surface area contributed by atoms with Gasteiger partial charge in [0.05, 0.1) is 28.4 Å². The van der Waals surface area contributed by atoms with E-state index in [0.29, 0.717) is 10.9 Å². The first-order valence-electron chi connectivity index (χ1n) is 11.7. The predicted octanol–water partition coefficient (Wildman–Crippen LogP) is 6.61. The first-order valence-corrected chi connectivity index (χ1v) is 14.8. The van der Waals surface area contributed by atoms with Crippen LogP contribution in [0.1, 0.15) is 31.4 Å². The number of nitrogens with zero attached hydrogens (tertiary/aromatic N) is 1. The largest absolute Gasteiger partial charge is 0.495 e. The molecule has 5 rings (SSSR count). The highest BCUT2D eigenvalue weighted by Crippen LogP contribution is 2.50. The summed E-state index contributed by atoms with van der Waals surface area (Å²) in [7, 11) is -2.57. The number of hydrogen-bond donors (Lipinski definition) is 2. The molecule has 7 nitrogen and oxygen atoms in total. The highest BCUT2D eigenvalue weighted by atomic mass is 35.5. The number of rotatable bonds is 8. The van der Waals surface area contributed by atoms with Gasteiger partial charge in [0.25, 0.3) is 10.0 Å². The topological polar surface area (TPSA) is 89.5 Å². The number of nitrogens with one attached hydrogen (secondary N) is 2. The summed E-state index contributed by atoms with van der Waals surface area (Å²) >= 11 is 13.7. The van der Waals surface area contributed by atoms with Gasteiger partial charge in [-0.2, -0.15) is 0 Å². The summed E-state index contributed by atoms with van der Waals surface area (Å²) in [5.74, 6) is 0.815. The number of benzene rings is 2. The summed E-state index contributed by atoms with van der Waals surface area (Å²) in [4.78, 5) is 5.70. The van der Waals surface area contributed by atoms with Crippen molar-refractivity contribution in [1.82, 2.24) is 4.98 Å². The first-order chi connectivity index (χ1) is 17.2. The maximum absolute atomic E-state index is 13.3. The zero-order valence-electron chi connectivity index (χ0n) is 19.9. The van der Waals surface area contributed by atoms with Gasteiger partial charge in [-0.25, -0.2) is 13.4 Å². The molecule has 2 aliphatic rings. The smallest absolute Gasteiger partial charge is 0.265 e. The lowest BCUT2D eigenvalue weighted by Gasteiger charge is -2.31. The molecular weight excluding hydrogens is 541 g/mol. The summed E-state index contributed by atoms with van der Waals surface area (Å²) in [5, 5.41) is 5.19. The Morgan fingerprint density at radius 1 is 1.14 bits per heavy atom. The maximum Gasteiger partial charge on any atom is 0.265 e. The Morgan fingerprint density at radius 2 is 1.89 bits per heavy atom. The van der Waals surface area contributed by atoms with Gasteiger partial charge in [0.2, 0.25) is 0 Å². The third-order valence-corrected chi connectivity index (χ3v) is 9.89. The van der Waals surface area contributed by atoms with Crippen molar-refractivity contribution in [2.45, 2.75) is 43.0 Å². The third-order valence-electron chi connectivity index (χ3n) is 6.83. The molecule has 2 fully saturated rings. The van der Waals surface area contributed by atoms with Crippen LogP contribution < -0.4 is 14.8 Å². The molecule has 1 saturated carbocycles. The Balaban J connectivity index is 1.43. The predicted molar refractivity (Wildman–Crippen MR) is 145 cm³/mol. The van der Waals surface area contributed by atoms with Gasteiger partial charge in [0.15, 0.2) is 5.13 Å². The van der Waals surface area contributed by atoms with Crippen LogP contribution in [0.4, 0.5) is 10.8 Å². The second-order valence-corrected chi connectivity index (χ2v) is 12.7. The van der Waals surface area contributed by atoms with Crippen LogP contribution in [0.15, 0.2) is 41.3 Å². The number of halogens is 2. The SMILES string of the molecule is COc1ccc(-c2sc(NC3(C4CCOCC4)CC3)nc2C)cc1S(=O)(=O)Nc1ccc(Cl)cc1Cl. The highest BCUT2D eigenvalue weighted by molar-refractivity contribution is 7.92. The maximum atomic E-state index is 13.3. The van der Waals surface area contributed by atoms with Crippen LogP contribution in [0.5, 0.6) is 5.75 Å². The van der Waals surface area contributed by atoms with Crippen molar-refractivity contribution < 1.29 is 17.9 Å². The highest BCUT2D eigenvalue weighted by Gasteiger charge is 2.50. The van der Waals surface area contributed by atoms with Crippen molar-refractivity contribution >= 4 is 55.4 Å². The fourth-order valence-corrected chi connectivity index (χ4v) is 7.61. The van der Waals surface area contributed by atoms with Crippen LogP contribution in [0.3, 0.4) is 0 Å². The van der Waals surface area contributed by atoms with Crippen LogP contribution in [0.2, 0.25) is 10.0 Å². The summed E-state index contributed by atoms with van der Waals surface area (Å²) in [6.07, 6.45) is 4.40. The fraction of sp³-hybridized carbons (Fsp3) is 0.400. The molecule has 36 heavy (non-hydrogen) atoms. The van der Waals surface area contributed by atoms with Crippen molar-refractivity contribution in [3.8, 4) is 16.2 Å². The minimum absolute atomic E-state index is 0.0108. The van der Waals surface area contributed by atoms with Crippen LogP contribution in [-0.4, -0.2) is 39.3 Å². The lowest BCUT2D eigenvalue weighted by Crippen LogP contribution is -2.35. The fourth-order valence-electron chi connectivity index (χ4n) is 4.75. The summed E-state index contributed by atoms with van der Waals surface area (Å²) < 4.78 is 40.2. The number of methoxy groups -OCH3 is 1. The quantitative estimate of drug-likeness (QED) is 0.318. The lowest BCUT2D eigenvalue weighted by atomic mass is 9.89. The number of sulfonamides is 1. The molecule has 2 aromatic carbocycles.